The minimum absolute atomic E-state index is 0.118. The van der Waals surface area contributed by atoms with Crippen LogP contribution in [0.5, 0.6) is 11.5 Å². The van der Waals surface area contributed by atoms with Crippen molar-refractivity contribution in [2.45, 2.75) is 13.3 Å². The summed E-state index contributed by atoms with van der Waals surface area (Å²) in [7, 11) is 3.34. The standard InChI is InChI=1S/C21H24N2O5/c1-4-11-27-18-10-7-16(13-24)19(12-18)28-14-20(25)22-17-8-5-15(6-9-17)21(26)23(2)3/h5-10,12-13H,4,11,14H2,1-3H3,(H,22,25). The van der Waals surface area contributed by atoms with Crippen LogP contribution in [0.15, 0.2) is 42.5 Å². The molecule has 148 valence electrons. The second-order valence-corrected chi connectivity index (χ2v) is 6.28. The lowest BCUT2D eigenvalue weighted by atomic mass is 10.2. The highest BCUT2D eigenvalue weighted by molar-refractivity contribution is 5.96. The molecule has 0 saturated carbocycles. The highest BCUT2D eigenvalue weighted by Gasteiger charge is 2.11. The summed E-state index contributed by atoms with van der Waals surface area (Å²) in [5, 5.41) is 2.69. The molecule has 0 aliphatic heterocycles. The molecule has 7 heteroatoms. The van der Waals surface area contributed by atoms with Crippen molar-refractivity contribution in [3.8, 4) is 11.5 Å². The van der Waals surface area contributed by atoms with Crippen LogP contribution in [0.4, 0.5) is 5.69 Å². The molecule has 0 bridgehead atoms. The third-order valence-corrected chi connectivity index (χ3v) is 3.77. The zero-order chi connectivity index (χ0) is 20.5. The Morgan fingerprint density at radius 2 is 1.79 bits per heavy atom. The molecule has 0 heterocycles. The smallest absolute Gasteiger partial charge is 0.262 e. The third-order valence-electron chi connectivity index (χ3n) is 3.77. The van der Waals surface area contributed by atoms with E-state index in [-0.39, 0.29) is 24.2 Å². The van der Waals surface area contributed by atoms with E-state index in [1.807, 2.05) is 6.92 Å². The number of benzene rings is 2. The molecule has 0 unspecified atom stereocenters. The van der Waals surface area contributed by atoms with Crippen molar-refractivity contribution < 1.29 is 23.9 Å². The molecule has 2 rings (SSSR count). The van der Waals surface area contributed by atoms with Crippen molar-refractivity contribution in [2.75, 3.05) is 32.6 Å². The predicted molar refractivity (Wildman–Crippen MR) is 106 cm³/mol. The average Bonchev–Trinajstić information content (AvgIpc) is 2.70. The van der Waals surface area contributed by atoms with E-state index >= 15 is 0 Å². The highest BCUT2D eigenvalue weighted by atomic mass is 16.5. The molecule has 2 aromatic rings. The molecule has 0 radical (unpaired) electrons. The van der Waals surface area contributed by atoms with Crippen LogP contribution >= 0.6 is 0 Å². The number of carbonyl (C=O) groups excluding carboxylic acids is 3. The molecule has 2 aromatic carbocycles. The van der Waals surface area contributed by atoms with Gasteiger partial charge in [0.15, 0.2) is 12.9 Å². The molecule has 0 spiro atoms. The first-order valence-electron chi connectivity index (χ1n) is 8.91. The summed E-state index contributed by atoms with van der Waals surface area (Å²) in [5.41, 5.74) is 1.40. The molecule has 0 aliphatic rings. The quantitative estimate of drug-likeness (QED) is 0.672. The minimum Gasteiger partial charge on any atom is -0.493 e. The Morgan fingerprint density at radius 3 is 2.39 bits per heavy atom. The van der Waals surface area contributed by atoms with Crippen molar-refractivity contribution in [3.05, 3.63) is 53.6 Å². The molecule has 0 aromatic heterocycles. The van der Waals surface area contributed by atoms with Crippen LogP contribution < -0.4 is 14.8 Å². The number of hydrogen-bond acceptors (Lipinski definition) is 5. The zero-order valence-corrected chi connectivity index (χ0v) is 16.2. The van der Waals surface area contributed by atoms with Gasteiger partial charge in [0.2, 0.25) is 0 Å². The number of amides is 2. The van der Waals surface area contributed by atoms with Gasteiger partial charge < -0.3 is 19.7 Å². The fourth-order valence-electron chi connectivity index (χ4n) is 2.34. The molecule has 7 nitrogen and oxygen atoms in total. The van der Waals surface area contributed by atoms with Gasteiger partial charge >= 0.3 is 0 Å². The van der Waals surface area contributed by atoms with Gasteiger partial charge in [-0.1, -0.05) is 6.92 Å². The Bertz CT molecular complexity index is 831. The summed E-state index contributed by atoms with van der Waals surface area (Å²) >= 11 is 0. The Morgan fingerprint density at radius 1 is 1.07 bits per heavy atom. The topological polar surface area (TPSA) is 84.9 Å². The van der Waals surface area contributed by atoms with E-state index in [4.69, 9.17) is 9.47 Å². The van der Waals surface area contributed by atoms with Gasteiger partial charge in [0, 0.05) is 31.4 Å². The number of ether oxygens (including phenoxy) is 2. The summed E-state index contributed by atoms with van der Waals surface area (Å²) in [6.45, 7) is 2.27. The van der Waals surface area contributed by atoms with Crippen molar-refractivity contribution in [2.24, 2.45) is 0 Å². The summed E-state index contributed by atoms with van der Waals surface area (Å²) in [6.07, 6.45) is 1.52. The van der Waals surface area contributed by atoms with Crippen LogP contribution in [0.2, 0.25) is 0 Å². The number of nitrogens with zero attached hydrogens (tertiary/aromatic N) is 1. The van der Waals surface area contributed by atoms with E-state index < -0.39 is 0 Å². The SMILES string of the molecule is CCCOc1ccc(C=O)c(OCC(=O)Nc2ccc(C(=O)N(C)C)cc2)c1. The van der Waals surface area contributed by atoms with Gasteiger partial charge in [-0.3, -0.25) is 14.4 Å². The average molecular weight is 384 g/mol. The van der Waals surface area contributed by atoms with E-state index in [0.717, 1.165) is 6.42 Å². The number of aldehydes is 1. The van der Waals surface area contributed by atoms with Crippen molar-refractivity contribution in [1.82, 2.24) is 4.90 Å². The maximum atomic E-state index is 12.1. The lowest BCUT2D eigenvalue weighted by Gasteiger charge is -2.12. The second-order valence-electron chi connectivity index (χ2n) is 6.28. The number of nitrogens with one attached hydrogen (secondary N) is 1. The molecular weight excluding hydrogens is 360 g/mol. The Balaban J connectivity index is 1.96. The van der Waals surface area contributed by atoms with Crippen molar-refractivity contribution >= 4 is 23.8 Å². The number of carbonyl (C=O) groups is 3. The molecule has 1 N–H and O–H groups in total. The van der Waals surface area contributed by atoms with Gasteiger partial charge in [0.25, 0.3) is 11.8 Å². The summed E-state index contributed by atoms with van der Waals surface area (Å²) < 4.78 is 11.0. The molecule has 0 aliphatic carbocycles. The number of rotatable bonds is 9. The summed E-state index contributed by atoms with van der Waals surface area (Å²) in [5.74, 6) is 0.353. The summed E-state index contributed by atoms with van der Waals surface area (Å²) in [6, 6.07) is 11.4. The van der Waals surface area contributed by atoms with E-state index in [2.05, 4.69) is 5.32 Å². The van der Waals surface area contributed by atoms with Crippen molar-refractivity contribution in [3.63, 3.8) is 0 Å². The van der Waals surface area contributed by atoms with Gasteiger partial charge in [-0.25, -0.2) is 0 Å². The van der Waals surface area contributed by atoms with E-state index in [9.17, 15) is 14.4 Å². The molecule has 28 heavy (non-hydrogen) atoms. The Labute approximate surface area is 164 Å². The fraction of sp³-hybridized carbons (Fsp3) is 0.286. The van der Waals surface area contributed by atoms with Gasteiger partial charge in [-0.15, -0.1) is 0 Å². The van der Waals surface area contributed by atoms with Crippen LogP contribution in [0, 0.1) is 0 Å². The van der Waals surface area contributed by atoms with Gasteiger partial charge in [0.05, 0.1) is 12.2 Å². The first-order chi connectivity index (χ1) is 13.4. The molecule has 0 saturated heterocycles. The first-order valence-corrected chi connectivity index (χ1v) is 8.91. The Hall–Kier alpha value is -3.35. The lowest BCUT2D eigenvalue weighted by molar-refractivity contribution is -0.118. The highest BCUT2D eigenvalue weighted by Crippen LogP contribution is 2.24. The van der Waals surface area contributed by atoms with Crippen LogP contribution in [0.1, 0.15) is 34.1 Å². The fourth-order valence-corrected chi connectivity index (χ4v) is 2.34. The van der Waals surface area contributed by atoms with E-state index in [1.165, 1.54) is 4.90 Å². The first kappa shape index (κ1) is 21.0. The maximum absolute atomic E-state index is 12.1. The second kappa shape index (κ2) is 10.1. The maximum Gasteiger partial charge on any atom is 0.262 e. The number of anilines is 1. The molecule has 0 fully saturated rings. The van der Waals surface area contributed by atoms with Crippen molar-refractivity contribution in [1.29, 1.82) is 0 Å². The van der Waals surface area contributed by atoms with E-state index in [0.29, 0.717) is 35.5 Å². The lowest BCUT2D eigenvalue weighted by Crippen LogP contribution is -2.22. The van der Waals surface area contributed by atoms with Gasteiger partial charge in [0.1, 0.15) is 11.5 Å². The number of hydrogen-bond donors (Lipinski definition) is 1. The monoisotopic (exact) mass is 384 g/mol. The predicted octanol–water partition coefficient (Wildman–Crippen LogP) is 3.01. The molecule has 2 amide bonds. The van der Waals surface area contributed by atoms with E-state index in [1.54, 1.807) is 56.6 Å². The van der Waals surface area contributed by atoms with Crippen LogP contribution in [-0.4, -0.2) is 50.3 Å². The van der Waals surface area contributed by atoms with Crippen LogP contribution in [0.25, 0.3) is 0 Å². The van der Waals surface area contributed by atoms with Gasteiger partial charge in [-0.05, 0) is 42.8 Å². The normalized spacial score (nSPS) is 10.1. The van der Waals surface area contributed by atoms with Crippen LogP contribution in [0.3, 0.4) is 0 Å². The zero-order valence-electron chi connectivity index (χ0n) is 16.2. The minimum atomic E-state index is -0.386. The molecule has 0 atom stereocenters. The third kappa shape index (κ3) is 5.84. The Kier molecular flexibility index (Phi) is 7.56. The van der Waals surface area contributed by atoms with Crippen LogP contribution in [-0.2, 0) is 4.79 Å². The van der Waals surface area contributed by atoms with Gasteiger partial charge in [-0.2, -0.15) is 0 Å². The molecular formula is C21H24N2O5. The largest absolute Gasteiger partial charge is 0.493 e. The summed E-state index contributed by atoms with van der Waals surface area (Å²) in [4.78, 5) is 36.7.